The largest absolute Gasteiger partial charge is 0.491 e. The molecule has 118 valence electrons. The molecule has 1 aliphatic carbocycles. The molecule has 1 atom stereocenters. The van der Waals surface area contributed by atoms with Gasteiger partial charge in [-0.2, -0.15) is 0 Å². The van der Waals surface area contributed by atoms with Crippen molar-refractivity contribution in [2.45, 2.75) is 57.1 Å². The zero-order valence-electron chi connectivity index (χ0n) is 12.6. The van der Waals surface area contributed by atoms with Crippen molar-refractivity contribution < 1.29 is 9.84 Å². The lowest BCUT2D eigenvalue weighted by Crippen LogP contribution is -2.38. The Morgan fingerprint density at radius 3 is 2.62 bits per heavy atom. The van der Waals surface area contributed by atoms with Crippen LogP contribution in [0.15, 0.2) is 28.7 Å². The maximum atomic E-state index is 10.0. The van der Waals surface area contributed by atoms with E-state index in [4.69, 9.17) is 4.74 Å². The molecule has 21 heavy (non-hydrogen) atoms. The molecule has 0 aliphatic heterocycles. The van der Waals surface area contributed by atoms with E-state index in [-0.39, 0.29) is 0 Å². The van der Waals surface area contributed by atoms with E-state index in [0.29, 0.717) is 19.2 Å². The molecule has 0 heterocycles. The van der Waals surface area contributed by atoms with Gasteiger partial charge in [0.2, 0.25) is 0 Å². The zero-order chi connectivity index (χ0) is 14.9. The van der Waals surface area contributed by atoms with Gasteiger partial charge < -0.3 is 15.2 Å². The van der Waals surface area contributed by atoms with Gasteiger partial charge in [-0.25, -0.2) is 0 Å². The number of benzene rings is 1. The van der Waals surface area contributed by atoms with Gasteiger partial charge in [0.25, 0.3) is 0 Å². The van der Waals surface area contributed by atoms with E-state index in [1.807, 2.05) is 24.3 Å². The summed E-state index contributed by atoms with van der Waals surface area (Å²) in [7, 11) is 0. The molecule has 0 amide bonds. The standard InChI is InChI=1S/C17H26BrNO2/c18-14-7-6-10-17(11-14)21-13-16(20)12-19-15-8-4-2-1-3-5-9-15/h6-7,10-11,15-16,19-20H,1-5,8-9,12-13H2. The summed E-state index contributed by atoms with van der Waals surface area (Å²) in [5.74, 6) is 0.786. The van der Waals surface area contributed by atoms with E-state index in [2.05, 4.69) is 21.2 Å². The van der Waals surface area contributed by atoms with Gasteiger partial charge in [0, 0.05) is 17.1 Å². The molecule has 1 fully saturated rings. The molecule has 0 aromatic heterocycles. The summed E-state index contributed by atoms with van der Waals surface area (Å²) in [5, 5.41) is 13.5. The topological polar surface area (TPSA) is 41.5 Å². The molecule has 0 spiro atoms. The van der Waals surface area contributed by atoms with E-state index in [9.17, 15) is 5.11 Å². The van der Waals surface area contributed by atoms with E-state index < -0.39 is 6.10 Å². The average molecular weight is 356 g/mol. The first-order valence-electron chi connectivity index (χ1n) is 8.04. The van der Waals surface area contributed by atoms with Crippen LogP contribution in [-0.2, 0) is 0 Å². The van der Waals surface area contributed by atoms with Crippen molar-refractivity contribution in [2.75, 3.05) is 13.2 Å². The third-order valence-electron chi connectivity index (χ3n) is 3.99. The molecule has 0 bridgehead atoms. The summed E-state index contributed by atoms with van der Waals surface area (Å²) >= 11 is 3.41. The van der Waals surface area contributed by atoms with E-state index in [0.717, 1.165) is 10.2 Å². The number of hydrogen-bond acceptors (Lipinski definition) is 3. The highest BCUT2D eigenvalue weighted by Crippen LogP contribution is 2.18. The van der Waals surface area contributed by atoms with Crippen LogP contribution in [0.1, 0.15) is 44.9 Å². The molecule has 2 N–H and O–H groups in total. The predicted molar refractivity (Wildman–Crippen MR) is 89.8 cm³/mol. The minimum Gasteiger partial charge on any atom is -0.491 e. The second-order valence-corrected chi connectivity index (χ2v) is 6.79. The summed E-state index contributed by atoms with van der Waals surface area (Å²) in [6.45, 7) is 0.939. The first kappa shape index (κ1) is 16.8. The fourth-order valence-corrected chi connectivity index (χ4v) is 3.15. The van der Waals surface area contributed by atoms with Gasteiger partial charge in [-0.05, 0) is 31.0 Å². The Balaban J connectivity index is 1.65. The van der Waals surface area contributed by atoms with Gasteiger partial charge in [-0.3, -0.25) is 0 Å². The Kier molecular flexibility index (Phi) is 7.54. The van der Waals surface area contributed by atoms with Crippen molar-refractivity contribution in [3.8, 4) is 5.75 Å². The first-order valence-corrected chi connectivity index (χ1v) is 8.83. The highest BCUT2D eigenvalue weighted by molar-refractivity contribution is 9.10. The third-order valence-corrected chi connectivity index (χ3v) is 4.48. The predicted octanol–water partition coefficient (Wildman–Crippen LogP) is 3.89. The van der Waals surface area contributed by atoms with Crippen LogP contribution in [0.5, 0.6) is 5.75 Å². The summed E-state index contributed by atoms with van der Waals surface area (Å²) in [6, 6.07) is 8.26. The molecule has 0 saturated heterocycles. The Bertz CT molecular complexity index is 406. The maximum Gasteiger partial charge on any atom is 0.120 e. The second-order valence-electron chi connectivity index (χ2n) is 5.87. The Labute approximate surface area is 136 Å². The first-order chi connectivity index (χ1) is 10.2. The van der Waals surface area contributed by atoms with Gasteiger partial charge in [-0.15, -0.1) is 0 Å². The van der Waals surface area contributed by atoms with Crippen LogP contribution in [0.25, 0.3) is 0 Å². The molecular weight excluding hydrogens is 330 g/mol. The van der Waals surface area contributed by atoms with E-state index >= 15 is 0 Å². The fourth-order valence-electron chi connectivity index (χ4n) is 2.77. The average Bonchev–Trinajstić information content (AvgIpc) is 2.44. The SMILES string of the molecule is OC(CNC1CCCCCCC1)COc1cccc(Br)c1. The normalized spacial score (nSPS) is 18.8. The van der Waals surface area contributed by atoms with Crippen molar-refractivity contribution in [1.82, 2.24) is 5.32 Å². The van der Waals surface area contributed by atoms with E-state index in [1.54, 1.807) is 0 Å². The molecule has 1 aliphatic rings. The molecule has 3 nitrogen and oxygen atoms in total. The Morgan fingerprint density at radius 1 is 1.19 bits per heavy atom. The van der Waals surface area contributed by atoms with Gasteiger partial charge in [-0.1, -0.05) is 54.1 Å². The van der Waals surface area contributed by atoms with Crippen molar-refractivity contribution in [3.05, 3.63) is 28.7 Å². The van der Waals surface area contributed by atoms with Crippen molar-refractivity contribution >= 4 is 15.9 Å². The zero-order valence-corrected chi connectivity index (χ0v) is 14.1. The van der Waals surface area contributed by atoms with Crippen LogP contribution in [0.3, 0.4) is 0 Å². The maximum absolute atomic E-state index is 10.0. The summed E-state index contributed by atoms with van der Waals surface area (Å²) in [5.41, 5.74) is 0. The minimum atomic E-state index is -0.463. The number of aliphatic hydroxyl groups excluding tert-OH is 1. The van der Waals surface area contributed by atoms with E-state index in [1.165, 1.54) is 44.9 Å². The van der Waals surface area contributed by atoms with Crippen LogP contribution in [0.2, 0.25) is 0 Å². The fraction of sp³-hybridized carbons (Fsp3) is 0.647. The molecule has 1 aromatic carbocycles. The number of aliphatic hydroxyl groups is 1. The second kappa shape index (κ2) is 9.44. The Morgan fingerprint density at radius 2 is 1.90 bits per heavy atom. The molecule has 0 radical (unpaired) electrons. The van der Waals surface area contributed by atoms with Gasteiger partial charge >= 0.3 is 0 Å². The number of hydrogen-bond donors (Lipinski definition) is 2. The quantitative estimate of drug-likeness (QED) is 0.813. The summed E-state index contributed by atoms with van der Waals surface area (Å²) < 4.78 is 6.60. The molecule has 4 heteroatoms. The lowest BCUT2D eigenvalue weighted by molar-refractivity contribution is 0.102. The van der Waals surface area contributed by atoms with Crippen LogP contribution in [-0.4, -0.2) is 30.4 Å². The van der Waals surface area contributed by atoms with Crippen molar-refractivity contribution in [3.63, 3.8) is 0 Å². The number of nitrogens with one attached hydrogen (secondary N) is 1. The molecular formula is C17H26BrNO2. The lowest BCUT2D eigenvalue weighted by atomic mass is 9.96. The molecule has 2 rings (SSSR count). The minimum absolute atomic E-state index is 0.330. The van der Waals surface area contributed by atoms with Crippen molar-refractivity contribution in [1.29, 1.82) is 0 Å². The van der Waals surface area contributed by atoms with Crippen molar-refractivity contribution in [2.24, 2.45) is 0 Å². The van der Waals surface area contributed by atoms with Gasteiger partial charge in [0.05, 0.1) is 0 Å². The number of rotatable bonds is 6. The van der Waals surface area contributed by atoms with Gasteiger partial charge in [0.1, 0.15) is 18.5 Å². The summed E-state index contributed by atoms with van der Waals surface area (Å²) in [4.78, 5) is 0. The monoisotopic (exact) mass is 355 g/mol. The van der Waals surface area contributed by atoms with Crippen LogP contribution in [0, 0.1) is 0 Å². The molecule has 1 aromatic rings. The van der Waals surface area contributed by atoms with Gasteiger partial charge in [0.15, 0.2) is 0 Å². The van der Waals surface area contributed by atoms with Crippen LogP contribution < -0.4 is 10.1 Å². The summed E-state index contributed by atoms with van der Waals surface area (Å²) in [6.07, 6.45) is 8.72. The van der Waals surface area contributed by atoms with Crippen LogP contribution in [0.4, 0.5) is 0 Å². The highest BCUT2D eigenvalue weighted by Gasteiger charge is 2.13. The number of halogens is 1. The molecule has 1 unspecified atom stereocenters. The molecule has 1 saturated carbocycles. The number of ether oxygens (including phenoxy) is 1. The highest BCUT2D eigenvalue weighted by atomic mass is 79.9. The third kappa shape index (κ3) is 6.81. The Hall–Kier alpha value is -0.580. The smallest absolute Gasteiger partial charge is 0.120 e. The van der Waals surface area contributed by atoms with Crippen LogP contribution >= 0.6 is 15.9 Å². The lowest BCUT2D eigenvalue weighted by Gasteiger charge is -2.22.